The largest absolute Gasteiger partial charge is 0.493 e. The van der Waals surface area contributed by atoms with Gasteiger partial charge in [-0.05, 0) is 47.0 Å². The van der Waals surface area contributed by atoms with E-state index in [4.69, 9.17) is 21.1 Å². The van der Waals surface area contributed by atoms with Crippen molar-refractivity contribution in [3.8, 4) is 11.5 Å². The summed E-state index contributed by atoms with van der Waals surface area (Å²) in [6.07, 6.45) is 2.58. The number of allylic oxidation sites excluding steroid dienone is 1. The molecule has 1 aliphatic carbocycles. The van der Waals surface area contributed by atoms with Crippen LogP contribution in [-0.2, 0) is 13.0 Å². The highest BCUT2D eigenvalue weighted by molar-refractivity contribution is 6.30. The number of carbonyl (C=O) groups excluding carboxylic acids is 1. The molecule has 0 aliphatic heterocycles. The highest BCUT2D eigenvalue weighted by atomic mass is 35.5. The lowest BCUT2D eigenvalue weighted by Crippen LogP contribution is -1.98. The maximum Gasteiger partial charge on any atom is 0.189 e. The summed E-state index contributed by atoms with van der Waals surface area (Å²) >= 11 is 5.91. The van der Waals surface area contributed by atoms with Crippen molar-refractivity contribution in [2.75, 3.05) is 7.11 Å². The summed E-state index contributed by atoms with van der Waals surface area (Å²) in [4.78, 5) is 12.6. The Balaban J connectivity index is 1.52. The normalized spacial score (nSPS) is 14.2. The quantitative estimate of drug-likeness (QED) is 0.520. The van der Waals surface area contributed by atoms with E-state index in [2.05, 4.69) is 0 Å². The van der Waals surface area contributed by atoms with Crippen LogP contribution in [0.2, 0.25) is 5.02 Å². The van der Waals surface area contributed by atoms with Crippen LogP contribution in [0.3, 0.4) is 0 Å². The summed E-state index contributed by atoms with van der Waals surface area (Å²) in [7, 11) is 1.61. The third kappa shape index (κ3) is 3.80. The molecule has 4 heteroatoms. The first kappa shape index (κ1) is 18.3. The molecular weight excluding hydrogens is 372 g/mol. The van der Waals surface area contributed by atoms with Crippen LogP contribution < -0.4 is 9.47 Å². The van der Waals surface area contributed by atoms with Crippen LogP contribution >= 0.6 is 11.6 Å². The molecule has 0 fully saturated rings. The van der Waals surface area contributed by atoms with Crippen LogP contribution in [0.5, 0.6) is 11.5 Å². The molecular formula is C24H19ClO3. The van der Waals surface area contributed by atoms with Crippen molar-refractivity contribution in [1.29, 1.82) is 0 Å². The van der Waals surface area contributed by atoms with Crippen molar-refractivity contribution in [3.63, 3.8) is 0 Å². The Bertz CT molecular complexity index is 1050. The molecule has 0 saturated heterocycles. The second-order valence-corrected chi connectivity index (χ2v) is 7.09. The van der Waals surface area contributed by atoms with Crippen molar-refractivity contribution >= 4 is 23.5 Å². The Labute approximate surface area is 169 Å². The van der Waals surface area contributed by atoms with Crippen LogP contribution in [-0.4, -0.2) is 12.9 Å². The predicted molar refractivity (Wildman–Crippen MR) is 111 cm³/mol. The van der Waals surface area contributed by atoms with Gasteiger partial charge in [0, 0.05) is 22.6 Å². The second kappa shape index (κ2) is 7.91. The lowest BCUT2D eigenvalue weighted by atomic mass is 10.1. The Morgan fingerprint density at radius 2 is 1.79 bits per heavy atom. The third-order valence-corrected chi connectivity index (χ3v) is 5.02. The van der Waals surface area contributed by atoms with Gasteiger partial charge in [0.15, 0.2) is 17.3 Å². The molecule has 0 radical (unpaired) electrons. The Hall–Kier alpha value is -3.04. The van der Waals surface area contributed by atoms with E-state index in [0.717, 1.165) is 27.8 Å². The number of benzene rings is 3. The second-order valence-electron chi connectivity index (χ2n) is 6.66. The fourth-order valence-corrected chi connectivity index (χ4v) is 3.43. The maximum absolute atomic E-state index is 12.6. The van der Waals surface area contributed by atoms with Gasteiger partial charge in [-0.2, -0.15) is 0 Å². The van der Waals surface area contributed by atoms with Gasteiger partial charge in [0.05, 0.1) is 7.11 Å². The molecule has 0 N–H and O–H groups in total. The third-order valence-electron chi connectivity index (χ3n) is 4.77. The first-order valence-electron chi connectivity index (χ1n) is 9.02. The Morgan fingerprint density at radius 1 is 1.00 bits per heavy atom. The molecule has 28 heavy (non-hydrogen) atoms. The summed E-state index contributed by atoms with van der Waals surface area (Å²) in [5, 5.41) is 0.697. The molecule has 0 heterocycles. The first-order valence-corrected chi connectivity index (χ1v) is 9.40. The molecule has 0 saturated carbocycles. The van der Waals surface area contributed by atoms with Crippen LogP contribution in [0.25, 0.3) is 6.08 Å². The van der Waals surface area contributed by atoms with Crippen molar-refractivity contribution in [3.05, 3.63) is 99.6 Å². The number of Topliss-reactive ketones (excluding diaryl/α,β-unsaturated/α-hetero) is 1. The van der Waals surface area contributed by atoms with E-state index in [0.29, 0.717) is 29.5 Å². The lowest BCUT2D eigenvalue weighted by molar-refractivity contribution is 0.104. The number of fused-ring (bicyclic) bond motifs is 1. The standard InChI is InChI=1S/C24H19ClO3/c1-27-23-13-17(12-19-14-18-4-2-3-5-21(18)24(19)26)8-11-22(23)28-15-16-6-9-20(25)10-7-16/h2-13H,14-15H2,1H3. The summed E-state index contributed by atoms with van der Waals surface area (Å²) in [6.45, 7) is 0.418. The van der Waals surface area contributed by atoms with Crippen molar-refractivity contribution in [1.82, 2.24) is 0 Å². The van der Waals surface area contributed by atoms with Gasteiger partial charge >= 0.3 is 0 Å². The minimum atomic E-state index is 0.0950. The zero-order valence-electron chi connectivity index (χ0n) is 15.4. The molecule has 0 spiro atoms. The van der Waals surface area contributed by atoms with Gasteiger partial charge in [-0.25, -0.2) is 0 Å². The summed E-state index contributed by atoms with van der Waals surface area (Å²) in [6, 6.07) is 21.0. The molecule has 3 aromatic carbocycles. The zero-order chi connectivity index (χ0) is 19.5. The molecule has 0 aromatic heterocycles. The monoisotopic (exact) mass is 390 g/mol. The number of ketones is 1. The number of rotatable bonds is 5. The molecule has 0 bridgehead atoms. The van der Waals surface area contributed by atoms with Crippen LogP contribution in [0, 0.1) is 0 Å². The molecule has 0 amide bonds. The number of hydrogen-bond donors (Lipinski definition) is 0. The van der Waals surface area contributed by atoms with E-state index in [1.807, 2.05) is 72.8 Å². The van der Waals surface area contributed by atoms with Crippen molar-refractivity contribution in [2.24, 2.45) is 0 Å². The van der Waals surface area contributed by atoms with Gasteiger partial charge in [0.2, 0.25) is 0 Å². The SMILES string of the molecule is COc1cc(C=C2Cc3ccccc3C2=O)ccc1OCc1ccc(Cl)cc1. The van der Waals surface area contributed by atoms with E-state index in [1.165, 1.54) is 0 Å². The van der Waals surface area contributed by atoms with Crippen molar-refractivity contribution in [2.45, 2.75) is 13.0 Å². The van der Waals surface area contributed by atoms with Crippen LogP contribution in [0.4, 0.5) is 0 Å². The van der Waals surface area contributed by atoms with Gasteiger partial charge in [-0.3, -0.25) is 4.79 Å². The molecule has 3 nitrogen and oxygen atoms in total. The molecule has 3 aromatic rings. The molecule has 1 aliphatic rings. The number of hydrogen-bond acceptors (Lipinski definition) is 3. The molecule has 0 unspecified atom stereocenters. The number of carbonyl (C=O) groups is 1. The zero-order valence-corrected chi connectivity index (χ0v) is 16.2. The number of ether oxygens (including phenoxy) is 2. The highest BCUT2D eigenvalue weighted by Crippen LogP contribution is 2.32. The van der Waals surface area contributed by atoms with Crippen LogP contribution in [0.1, 0.15) is 27.0 Å². The van der Waals surface area contributed by atoms with E-state index in [1.54, 1.807) is 7.11 Å². The number of halogens is 1. The van der Waals surface area contributed by atoms with Gasteiger partial charge in [-0.1, -0.05) is 54.1 Å². The average Bonchev–Trinajstić information content (AvgIpc) is 3.04. The minimum Gasteiger partial charge on any atom is -0.493 e. The van der Waals surface area contributed by atoms with E-state index in [9.17, 15) is 4.79 Å². The lowest BCUT2D eigenvalue weighted by Gasteiger charge is -2.12. The molecule has 0 atom stereocenters. The fourth-order valence-electron chi connectivity index (χ4n) is 3.31. The summed E-state index contributed by atoms with van der Waals surface area (Å²) < 4.78 is 11.4. The summed E-state index contributed by atoms with van der Waals surface area (Å²) in [5.41, 5.74) is 4.59. The first-order chi connectivity index (χ1) is 13.6. The van der Waals surface area contributed by atoms with Crippen LogP contribution in [0.15, 0.2) is 72.3 Å². The number of methoxy groups -OCH3 is 1. The summed E-state index contributed by atoms with van der Waals surface area (Å²) in [5.74, 6) is 1.38. The fraction of sp³-hybridized carbons (Fsp3) is 0.125. The topological polar surface area (TPSA) is 35.5 Å². The van der Waals surface area contributed by atoms with E-state index in [-0.39, 0.29) is 5.78 Å². The average molecular weight is 391 g/mol. The van der Waals surface area contributed by atoms with Gasteiger partial charge in [-0.15, -0.1) is 0 Å². The maximum atomic E-state index is 12.6. The van der Waals surface area contributed by atoms with E-state index >= 15 is 0 Å². The molecule has 140 valence electrons. The Morgan fingerprint density at radius 3 is 2.54 bits per heavy atom. The smallest absolute Gasteiger partial charge is 0.189 e. The molecule has 4 rings (SSSR count). The van der Waals surface area contributed by atoms with Gasteiger partial charge in [0.1, 0.15) is 6.61 Å². The van der Waals surface area contributed by atoms with Crippen molar-refractivity contribution < 1.29 is 14.3 Å². The highest BCUT2D eigenvalue weighted by Gasteiger charge is 2.24. The Kier molecular flexibility index (Phi) is 5.18. The predicted octanol–water partition coefficient (Wildman–Crippen LogP) is 5.75. The van der Waals surface area contributed by atoms with Gasteiger partial charge < -0.3 is 9.47 Å². The van der Waals surface area contributed by atoms with Gasteiger partial charge in [0.25, 0.3) is 0 Å². The van der Waals surface area contributed by atoms with E-state index < -0.39 is 0 Å². The minimum absolute atomic E-state index is 0.0950.